The van der Waals surface area contributed by atoms with E-state index in [1.165, 1.54) is 4.40 Å². The topological polar surface area (TPSA) is 96.8 Å². The first kappa shape index (κ1) is 11.3. The van der Waals surface area contributed by atoms with Gasteiger partial charge in [-0.1, -0.05) is 6.07 Å². The third kappa shape index (κ3) is 2.34. The zero-order chi connectivity index (χ0) is 12.4. The molecule has 0 aliphatic rings. The standard InChI is InChI=1S/C10H11N3O4/c14-7(5-9(15)16)6-13-10(17)12-4-2-1-3-8(12)11-13/h1-4,7,14H,5-6H2,(H,15,16). The smallest absolute Gasteiger partial charge is 0.350 e. The number of fused-ring (bicyclic) bond motifs is 1. The molecular weight excluding hydrogens is 226 g/mol. The summed E-state index contributed by atoms with van der Waals surface area (Å²) in [5, 5.41) is 21.9. The van der Waals surface area contributed by atoms with Crippen LogP contribution in [0.25, 0.3) is 5.65 Å². The maximum absolute atomic E-state index is 11.8. The van der Waals surface area contributed by atoms with Crippen molar-refractivity contribution in [2.24, 2.45) is 0 Å². The van der Waals surface area contributed by atoms with Crippen LogP contribution in [-0.2, 0) is 11.3 Å². The lowest BCUT2D eigenvalue weighted by atomic mass is 10.2. The average molecular weight is 237 g/mol. The number of hydrogen-bond acceptors (Lipinski definition) is 4. The van der Waals surface area contributed by atoms with Gasteiger partial charge in [0.1, 0.15) is 0 Å². The molecule has 0 saturated carbocycles. The van der Waals surface area contributed by atoms with Crippen molar-refractivity contribution in [2.45, 2.75) is 19.1 Å². The largest absolute Gasteiger partial charge is 0.481 e. The highest BCUT2D eigenvalue weighted by atomic mass is 16.4. The second-order valence-electron chi connectivity index (χ2n) is 3.65. The van der Waals surface area contributed by atoms with Crippen LogP contribution >= 0.6 is 0 Å². The lowest BCUT2D eigenvalue weighted by Crippen LogP contribution is -2.28. The van der Waals surface area contributed by atoms with E-state index in [-0.39, 0.29) is 6.54 Å². The van der Waals surface area contributed by atoms with E-state index in [0.29, 0.717) is 5.65 Å². The number of pyridine rings is 1. The van der Waals surface area contributed by atoms with Crippen molar-refractivity contribution < 1.29 is 15.0 Å². The van der Waals surface area contributed by atoms with Crippen molar-refractivity contribution in [3.8, 4) is 0 Å². The number of carboxylic acid groups (broad SMARTS) is 1. The molecule has 2 aromatic heterocycles. The van der Waals surface area contributed by atoms with E-state index >= 15 is 0 Å². The quantitative estimate of drug-likeness (QED) is 0.735. The molecule has 0 saturated heterocycles. The molecule has 0 aliphatic heterocycles. The number of rotatable bonds is 4. The Balaban J connectivity index is 2.27. The van der Waals surface area contributed by atoms with E-state index in [1.807, 2.05) is 0 Å². The van der Waals surface area contributed by atoms with Gasteiger partial charge in [-0.2, -0.15) is 0 Å². The van der Waals surface area contributed by atoms with Crippen molar-refractivity contribution >= 4 is 11.6 Å². The number of hydrogen-bond donors (Lipinski definition) is 2. The summed E-state index contributed by atoms with van der Waals surface area (Å²) in [5.74, 6) is -1.12. The van der Waals surface area contributed by atoms with Crippen LogP contribution in [0.2, 0.25) is 0 Å². The zero-order valence-electron chi connectivity index (χ0n) is 8.85. The number of aliphatic carboxylic acids is 1. The molecule has 0 bridgehead atoms. The first-order valence-corrected chi connectivity index (χ1v) is 5.02. The molecule has 2 aromatic rings. The molecule has 2 rings (SSSR count). The second-order valence-corrected chi connectivity index (χ2v) is 3.65. The minimum absolute atomic E-state index is 0.132. The van der Waals surface area contributed by atoms with Gasteiger partial charge in [-0.15, -0.1) is 5.10 Å². The minimum atomic E-state index is -1.13. The van der Waals surface area contributed by atoms with Crippen LogP contribution in [0.1, 0.15) is 6.42 Å². The van der Waals surface area contributed by atoms with Gasteiger partial charge in [0.2, 0.25) is 0 Å². The van der Waals surface area contributed by atoms with Gasteiger partial charge in [-0.25, -0.2) is 9.48 Å². The summed E-state index contributed by atoms with van der Waals surface area (Å²) in [7, 11) is 0. The Kier molecular flexibility index (Phi) is 2.92. The van der Waals surface area contributed by atoms with E-state index in [2.05, 4.69) is 5.10 Å². The van der Waals surface area contributed by atoms with E-state index in [1.54, 1.807) is 24.4 Å². The molecule has 0 aliphatic carbocycles. The number of aromatic nitrogens is 3. The highest BCUT2D eigenvalue weighted by Gasteiger charge is 2.13. The highest BCUT2D eigenvalue weighted by molar-refractivity contribution is 5.67. The van der Waals surface area contributed by atoms with Gasteiger partial charge in [0.15, 0.2) is 5.65 Å². The van der Waals surface area contributed by atoms with Crippen LogP contribution in [0.5, 0.6) is 0 Å². The van der Waals surface area contributed by atoms with E-state index in [0.717, 1.165) is 4.68 Å². The fraction of sp³-hybridized carbons (Fsp3) is 0.300. The number of nitrogens with zero attached hydrogens (tertiary/aromatic N) is 3. The Morgan fingerprint density at radius 1 is 1.47 bits per heavy atom. The van der Waals surface area contributed by atoms with Gasteiger partial charge in [0, 0.05) is 6.20 Å². The van der Waals surface area contributed by atoms with E-state index in [4.69, 9.17) is 5.11 Å². The first-order valence-electron chi connectivity index (χ1n) is 5.02. The van der Waals surface area contributed by atoms with Crippen molar-refractivity contribution in [1.29, 1.82) is 0 Å². The third-order valence-electron chi connectivity index (χ3n) is 2.28. The number of aliphatic hydroxyl groups is 1. The molecule has 2 heterocycles. The van der Waals surface area contributed by atoms with Crippen LogP contribution in [0.15, 0.2) is 29.2 Å². The molecule has 0 spiro atoms. The second kappa shape index (κ2) is 4.38. The Labute approximate surface area is 95.5 Å². The zero-order valence-corrected chi connectivity index (χ0v) is 8.85. The minimum Gasteiger partial charge on any atom is -0.481 e. The van der Waals surface area contributed by atoms with Crippen LogP contribution in [0.3, 0.4) is 0 Å². The van der Waals surface area contributed by atoms with Gasteiger partial charge in [0.05, 0.1) is 19.1 Å². The van der Waals surface area contributed by atoms with E-state index < -0.39 is 24.2 Å². The third-order valence-corrected chi connectivity index (χ3v) is 2.28. The molecule has 0 radical (unpaired) electrons. The van der Waals surface area contributed by atoms with Crippen molar-refractivity contribution in [3.05, 3.63) is 34.9 Å². The summed E-state index contributed by atoms with van der Waals surface area (Å²) in [6, 6.07) is 5.08. The number of carboxylic acids is 1. The van der Waals surface area contributed by atoms with Crippen LogP contribution in [0.4, 0.5) is 0 Å². The Morgan fingerprint density at radius 2 is 2.24 bits per heavy atom. The predicted molar refractivity (Wildman–Crippen MR) is 57.7 cm³/mol. The maximum atomic E-state index is 11.8. The SMILES string of the molecule is O=C(O)CC(O)Cn1nc2ccccn2c1=O. The summed E-state index contributed by atoms with van der Waals surface area (Å²) in [6.07, 6.45) is 0.0144. The summed E-state index contributed by atoms with van der Waals surface area (Å²) in [6.45, 7) is -0.132. The summed E-state index contributed by atoms with van der Waals surface area (Å²) in [5.41, 5.74) is 0.0602. The van der Waals surface area contributed by atoms with Crippen molar-refractivity contribution in [3.63, 3.8) is 0 Å². The van der Waals surface area contributed by atoms with Gasteiger partial charge >= 0.3 is 11.7 Å². The molecule has 90 valence electrons. The molecule has 0 aromatic carbocycles. The Hall–Kier alpha value is -2.15. The molecule has 1 unspecified atom stereocenters. The molecule has 0 amide bonds. The van der Waals surface area contributed by atoms with Crippen LogP contribution in [-0.4, -0.2) is 36.5 Å². The molecular formula is C10H11N3O4. The molecule has 7 heteroatoms. The van der Waals surface area contributed by atoms with Crippen LogP contribution < -0.4 is 5.69 Å². The van der Waals surface area contributed by atoms with E-state index in [9.17, 15) is 14.7 Å². The average Bonchev–Trinajstić information content (AvgIpc) is 2.55. The van der Waals surface area contributed by atoms with Crippen molar-refractivity contribution in [1.82, 2.24) is 14.2 Å². The highest BCUT2D eigenvalue weighted by Crippen LogP contribution is 1.98. The normalized spacial score (nSPS) is 12.8. The Bertz CT molecular complexity index is 601. The fourth-order valence-electron chi connectivity index (χ4n) is 1.55. The summed E-state index contributed by atoms with van der Waals surface area (Å²) >= 11 is 0. The summed E-state index contributed by atoms with van der Waals surface area (Å²) < 4.78 is 2.39. The lowest BCUT2D eigenvalue weighted by Gasteiger charge is -2.05. The molecule has 7 nitrogen and oxygen atoms in total. The van der Waals surface area contributed by atoms with Gasteiger partial charge in [-0.3, -0.25) is 9.20 Å². The van der Waals surface area contributed by atoms with Gasteiger partial charge < -0.3 is 10.2 Å². The molecule has 17 heavy (non-hydrogen) atoms. The van der Waals surface area contributed by atoms with Crippen molar-refractivity contribution in [2.75, 3.05) is 0 Å². The molecule has 0 fully saturated rings. The summed E-state index contributed by atoms with van der Waals surface area (Å²) in [4.78, 5) is 22.1. The van der Waals surface area contributed by atoms with Crippen LogP contribution in [0, 0.1) is 0 Å². The monoisotopic (exact) mass is 237 g/mol. The lowest BCUT2D eigenvalue weighted by molar-refractivity contribution is -0.139. The molecule has 1 atom stereocenters. The number of aliphatic hydroxyl groups excluding tert-OH is 1. The fourth-order valence-corrected chi connectivity index (χ4v) is 1.55. The van der Waals surface area contributed by atoms with Gasteiger partial charge in [0.25, 0.3) is 0 Å². The Morgan fingerprint density at radius 3 is 2.88 bits per heavy atom. The first-order chi connectivity index (χ1) is 8.08. The van der Waals surface area contributed by atoms with Gasteiger partial charge in [-0.05, 0) is 12.1 Å². The number of carbonyl (C=O) groups is 1. The predicted octanol–water partition coefficient (Wildman–Crippen LogP) is -0.668. The molecule has 2 N–H and O–H groups in total. The maximum Gasteiger partial charge on any atom is 0.350 e.